The summed E-state index contributed by atoms with van der Waals surface area (Å²) >= 11 is 14.2. The van der Waals surface area contributed by atoms with Gasteiger partial charge in [0.2, 0.25) is 5.91 Å². The zero-order valence-corrected chi connectivity index (χ0v) is 28.6. The van der Waals surface area contributed by atoms with Crippen molar-refractivity contribution in [2.24, 2.45) is 0 Å². The molecule has 0 radical (unpaired) electrons. The molecule has 0 bridgehead atoms. The molecular weight excluding hydrogens is 661 g/mol. The van der Waals surface area contributed by atoms with Gasteiger partial charge in [0.25, 0.3) is 11.8 Å². The summed E-state index contributed by atoms with van der Waals surface area (Å²) in [6, 6.07) is 38.2. The molecule has 5 aromatic carbocycles. The molecule has 0 fully saturated rings. The SMILES string of the molecule is CC(C)c1ccc(NC(=O)C(Sc2ccc(NC(=O)/C(=C/c3c(Cl)cccc3Cl)NC(=O)c3ccccc3)cc2)c2ccccc2)cc1. The largest absolute Gasteiger partial charge is 0.325 e. The third kappa shape index (κ3) is 9.16. The molecule has 5 aromatic rings. The molecule has 0 aliphatic rings. The standard InChI is InChI=1S/C39H33Cl2N3O3S/c1-25(2)26-16-18-29(19-17-26)43-39(47)36(27-10-5-3-6-11-27)48-31-22-20-30(21-23-31)42-38(46)35(24-32-33(40)14-9-15-34(32)41)44-37(45)28-12-7-4-8-13-28/h3-25,36H,1-2H3,(H,42,46)(H,43,47)(H,44,45)/b35-24-. The van der Waals surface area contributed by atoms with E-state index >= 15 is 0 Å². The van der Waals surface area contributed by atoms with Gasteiger partial charge >= 0.3 is 0 Å². The van der Waals surface area contributed by atoms with Crippen molar-refractivity contribution in [3.63, 3.8) is 0 Å². The van der Waals surface area contributed by atoms with Gasteiger partial charge in [0.05, 0.1) is 0 Å². The molecule has 242 valence electrons. The minimum Gasteiger partial charge on any atom is -0.325 e. The monoisotopic (exact) mass is 693 g/mol. The number of benzene rings is 5. The van der Waals surface area contributed by atoms with E-state index in [1.165, 1.54) is 23.4 Å². The average Bonchev–Trinajstić information content (AvgIpc) is 3.10. The van der Waals surface area contributed by atoms with Crippen LogP contribution < -0.4 is 16.0 Å². The number of anilines is 2. The molecule has 3 N–H and O–H groups in total. The maximum absolute atomic E-state index is 13.6. The summed E-state index contributed by atoms with van der Waals surface area (Å²) in [4.78, 5) is 40.9. The maximum atomic E-state index is 13.6. The lowest BCUT2D eigenvalue weighted by Crippen LogP contribution is -2.30. The normalized spacial score (nSPS) is 11.9. The van der Waals surface area contributed by atoms with Crippen molar-refractivity contribution in [2.75, 3.05) is 10.6 Å². The Kier molecular flexibility index (Phi) is 11.7. The minimum absolute atomic E-state index is 0.0421. The third-order valence-electron chi connectivity index (χ3n) is 7.37. The van der Waals surface area contributed by atoms with Gasteiger partial charge in [-0.2, -0.15) is 0 Å². The number of carbonyl (C=O) groups excluding carboxylic acids is 3. The fourth-order valence-corrected chi connectivity index (χ4v) is 6.28. The molecule has 9 heteroatoms. The van der Waals surface area contributed by atoms with Crippen molar-refractivity contribution in [1.29, 1.82) is 0 Å². The Morgan fingerprint density at radius 2 is 1.21 bits per heavy atom. The van der Waals surface area contributed by atoms with E-state index in [9.17, 15) is 14.4 Å². The molecule has 0 saturated carbocycles. The molecule has 5 rings (SSSR count). The van der Waals surface area contributed by atoms with Crippen LogP contribution in [0.4, 0.5) is 11.4 Å². The van der Waals surface area contributed by atoms with Crippen LogP contribution in [0.3, 0.4) is 0 Å². The molecular formula is C39H33Cl2N3O3S. The number of thioether (sulfide) groups is 1. The van der Waals surface area contributed by atoms with Crippen molar-refractivity contribution in [2.45, 2.75) is 29.9 Å². The van der Waals surface area contributed by atoms with E-state index in [4.69, 9.17) is 23.2 Å². The van der Waals surface area contributed by atoms with Crippen LogP contribution in [-0.4, -0.2) is 17.7 Å². The fraction of sp³-hybridized carbons (Fsp3) is 0.103. The smallest absolute Gasteiger partial charge is 0.272 e. The number of hydrogen-bond donors (Lipinski definition) is 3. The molecule has 0 aliphatic carbocycles. The number of halogens is 2. The predicted molar refractivity (Wildman–Crippen MR) is 198 cm³/mol. The molecule has 1 unspecified atom stereocenters. The third-order valence-corrected chi connectivity index (χ3v) is 9.29. The van der Waals surface area contributed by atoms with Gasteiger partial charge in [-0.1, -0.05) is 104 Å². The highest BCUT2D eigenvalue weighted by Crippen LogP contribution is 2.37. The van der Waals surface area contributed by atoms with Gasteiger partial charge in [-0.05, 0) is 83.8 Å². The van der Waals surface area contributed by atoms with Crippen LogP contribution in [0, 0.1) is 0 Å². The second kappa shape index (κ2) is 16.3. The molecule has 6 nitrogen and oxygen atoms in total. The van der Waals surface area contributed by atoms with Gasteiger partial charge in [0, 0.05) is 37.4 Å². The highest BCUT2D eigenvalue weighted by Gasteiger charge is 2.23. The van der Waals surface area contributed by atoms with Gasteiger partial charge < -0.3 is 16.0 Å². The van der Waals surface area contributed by atoms with Crippen LogP contribution in [-0.2, 0) is 9.59 Å². The van der Waals surface area contributed by atoms with E-state index in [1.807, 2.05) is 66.7 Å². The lowest BCUT2D eigenvalue weighted by Gasteiger charge is -2.18. The first-order valence-electron chi connectivity index (χ1n) is 15.2. The number of carbonyl (C=O) groups is 3. The molecule has 48 heavy (non-hydrogen) atoms. The topological polar surface area (TPSA) is 87.3 Å². The Hall–Kier alpha value is -4.82. The number of nitrogens with one attached hydrogen (secondary N) is 3. The second-order valence-electron chi connectivity index (χ2n) is 11.2. The van der Waals surface area contributed by atoms with E-state index in [2.05, 4.69) is 29.8 Å². The second-order valence-corrected chi connectivity index (χ2v) is 13.2. The summed E-state index contributed by atoms with van der Waals surface area (Å²) in [6.07, 6.45) is 1.45. The van der Waals surface area contributed by atoms with Gasteiger partial charge in [-0.3, -0.25) is 14.4 Å². The zero-order valence-electron chi connectivity index (χ0n) is 26.2. The van der Waals surface area contributed by atoms with Crippen molar-refractivity contribution in [3.05, 3.63) is 165 Å². The quantitative estimate of drug-likeness (QED) is 0.0949. The van der Waals surface area contributed by atoms with Crippen molar-refractivity contribution >= 4 is 70.1 Å². The summed E-state index contributed by atoms with van der Waals surface area (Å²) in [5.41, 5.74) is 4.01. The molecule has 0 heterocycles. The first-order valence-corrected chi connectivity index (χ1v) is 16.9. The highest BCUT2D eigenvalue weighted by atomic mass is 35.5. The molecule has 0 spiro atoms. The number of hydrogen-bond acceptors (Lipinski definition) is 4. The van der Waals surface area contributed by atoms with E-state index in [-0.39, 0.29) is 11.6 Å². The van der Waals surface area contributed by atoms with Crippen LogP contribution in [0.1, 0.15) is 52.1 Å². The Morgan fingerprint density at radius 3 is 1.81 bits per heavy atom. The Bertz CT molecular complexity index is 1890. The predicted octanol–water partition coefficient (Wildman–Crippen LogP) is 10.00. The zero-order chi connectivity index (χ0) is 34.0. The maximum Gasteiger partial charge on any atom is 0.272 e. The molecule has 0 saturated heterocycles. The van der Waals surface area contributed by atoms with E-state index in [0.29, 0.717) is 32.8 Å². The number of rotatable bonds is 11. The minimum atomic E-state index is -0.569. The summed E-state index contributed by atoms with van der Waals surface area (Å²) in [5, 5.41) is 8.72. The Morgan fingerprint density at radius 1 is 0.646 bits per heavy atom. The molecule has 0 aliphatic heterocycles. The van der Waals surface area contributed by atoms with Crippen molar-refractivity contribution in [3.8, 4) is 0 Å². The average molecular weight is 695 g/mol. The molecule has 3 amide bonds. The van der Waals surface area contributed by atoms with Crippen LogP contribution in [0.2, 0.25) is 10.0 Å². The summed E-state index contributed by atoms with van der Waals surface area (Å²) in [7, 11) is 0. The summed E-state index contributed by atoms with van der Waals surface area (Å²) in [5.74, 6) is -0.789. The van der Waals surface area contributed by atoms with Crippen LogP contribution in [0.15, 0.2) is 138 Å². The Balaban J connectivity index is 1.33. The van der Waals surface area contributed by atoms with Gasteiger partial charge in [0.1, 0.15) is 10.9 Å². The Labute approximate surface area is 294 Å². The first kappa shape index (κ1) is 34.5. The van der Waals surface area contributed by atoms with Crippen molar-refractivity contribution < 1.29 is 14.4 Å². The lowest BCUT2D eigenvalue weighted by atomic mass is 10.0. The van der Waals surface area contributed by atoms with Crippen LogP contribution >= 0.6 is 35.0 Å². The fourth-order valence-electron chi connectivity index (χ4n) is 4.75. The highest BCUT2D eigenvalue weighted by molar-refractivity contribution is 8.00. The van der Waals surface area contributed by atoms with Gasteiger partial charge in [0.15, 0.2) is 0 Å². The van der Waals surface area contributed by atoms with Crippen molar-refractivity contribution in [1.82, 2.24) is 5.32 Å². The summed E-state index contributed by atoms with van der Waals surface area (Å²) in [6.45, 7) is 4.26. The van der Waals surface area contributed by atoms with Gasteiger partial charge in [-0.25, -0.2) is 0 Å². The van der Waals surface area contributed by atoms with E-state index in [1.54, 1.807) is 60.7 Å². The lowest BCUT2D eigenvalue weighted by molar-refractivity contribution is -0.116. The van der Waals surface area contributed by atoms with E-state index < -0.39 is 17.1 Å². The molecule has 1 atom stereocenters. The van der Waals surface area contributed by atoms with Crippen LogP contribution in [0.25, 0.3) is 6.08 Å². The van der Waals surface area contributed by atoms with Crippen LogP contribution in [0.5, 0.6) is 0 Å². The number of amides is 3. The first-order chi connectivity index (χ1) is 23.2. The molecule has 0 aromatic heterocycles. The van der Waals surface area contributed by atoms with E-state index in [0.717, 1.165) is 16.1 Å². The van der Waals surface area contributed by atoms with Gasteiger partial charge in [-0.15, -0.1) is 11.8 Å². The summed E-state index contributed by atoms with van der Waals surface area (Å²) < 4.78 is 0.